The lowest BCUT2D eigenvalue weighted by Crippen LogP contribution is -2.40. The average molecular weight is 197 g/mol. The molecule has 0 aromatic rings. The van der Waals surface area contributed by atoms with Crippen LogP contribution in [0.15, 0.2) is 0 Å². The molecule has 1 N–H and O–H groups in total. The molecular weight excluding hydrogens is 174 g/mol. The molecule has 14 heavy (non-hydrogen) atoms. The number of hydrogen-bond acceptors (Lipinski definition) is 2. The van der Waals surface area contributed by atoms with Gasteiger partial charge in [-0.15, -0.1) is 0 Å². The van der Waals surface area contributed by atoms with Crippen molar-refractivity contribution in [3.05, 3.63) is 0 Å². The number of ether oxygens (including phenoxy) is 1. The van der Waals surface area contributed by atoms with Gasteiger partial charge in [-0.3, -0.25) is 0 Å². The van der Waals surface area contributed by atoms with Gasteiger partial charge in [0.05, 0.1) is 0 Å². The lowest BCUT2D eigenvalue weighted by Gasteiger charge is -2.43. The zero-order valence-electron chi connectivity index (χ0n) is 9.30. The third-order valence-electron chi connectivity index (χ3n) is 4.00. The minimum Gasteiger partial charge on any atom is -0.381 e. The predicted molar refractivity (Wildman–Crippen MR) is 58.3 cm³/mol. The Bertz CT molecular complexity index is 166. The first-order valence-corrected chi connectivity index (χ1v) is 6.20. The molecule has 0 aromatic heterocycles. The third kappa shape index (κ3) is 2.29. The highest BCUT2D eigenvalue weighted by Crippen LogP contribution is 2.42. The van der Waals surface area contributed by atoms with E-state index < -0.39 is 0 Å². The standard InChI is InChI=1S/C12H23NO/c1-2-13-9-11-3-4-12(11)10-5-7-14-8-6-10/h10-13H,2-9H2,1H3. The van der Waals surface area contributed by atoms with E-state index in [0.717, 1.165) is 37.5 Å². The molecule has 2 unspecified atom stereocenters. The second-order valence-electron chi connectivity index (χ2n) is 4.76. The summed E-state index contributed by atoms with van der Waals surface area (Å²) in [6.07, 6.45) is 5.55. The van der Waals surface area contributed by atoms with Crippen LogP contribution in [-0.4, -0.2) is 26.3 Å². The van der Waals surface area contributed by atoms with Crippen molar-refractivity contribution in [3.63, 3.8) is 0 Å². The van der Waals surface area contributed by atoms with Crippen LogP contribution < -0.4 is 5.32 Å². The molecule has 1 heterocycles. The van der Waals surface area contributed by atoms with Crippen molar-refractivity contribution < 1.29 is 4.74 Å². The van der Waals surface area contributed by atoms with E-state index >= 15 is 0 Å². The van der Waals surface area contributed by atoms with E-state index in [2.05, 4.69) is 12.2 Å². The van der Waals surface area contributed by atoms with Crippen molar-refractivity contribution in [2.75, 3.05) is 26.3 Å². The van der Waals surface area contributed by atoms with E-state index in [9.17, 15) is 0 Å². The summed E-state index contributed by atoms with van der Waals surface area (Å²) in [5.41, 5.74) is 0. The molecule has 0 aromatic carbocycles. The molecule has 2 rings (SSSR count). The van der Waals surface area contributed by atoms with E-state index in [-0.39, 0.29) is 0 Å². The molecule has 1 saturated carbocycles. The van der Waals surface area contributed by atoms with Gasteiger partial charge in [-0.25, -0.2) is 0 Å². The highest BCUT2D eigenvalue weighted by molar-refractivity contribution is 4.87. The Morgan fingerprint density at radius 1 is 1.14 bits per heavy atom. The Morgan fingerprint density at radius 3 is 2.50 bits per heavy atom. The summed E-state index contributed by atoms with van der Waals surface area (Å²) in [5, 5.41) is 3.49. The van der Waals surface area contributed by atoms with E-state index in [0.29, 0.717) is 0 Å². The number of hydrogen-bond donors (Lipinski definition) is 1. The minimum atomic E-state index is 0.970. The van der Waals surface area contributed by atoms with Crippen molar-refractivity contribution in [3.8, 4) is 0 Å². The lowest BCUT2D eigenvalue weighted by molar-refractivity contribution is 0.00387. The van der Waals surface area contributed by atoms with Crippen molar-refractivity contribution in [1.29, 1.82) is 0 Å². The molecule has 1 saturated heterocycles. The molecule has 1 aliphatic carbocycles. The lowest BCUT2D eigenvalue weighted by atomic mass is 9.65. The molecule has 82 valence electrons. The van der Waals surface area contributed by atoms with Gasteiger partial charge in [0.1, 0.15) is 0 Å². The van der Waals surface area contributed by atoms with Crippen LogP contribution in [0.5, 0.6) is 0 Å². The average Bonchev–Trinajstić information content (AvgIpc) is 2.18. The summed E-state index contributed by atoms with van der Waals surface area (Å²) in [7, 11) is 0. The number of nitrogens with one attached hydrogen (secondary N) is 1. The molecule has 1 aliphatic heterocycles. The van der Waals surface area contributed by atoms with Gasteiger partial charge in [-0.1, -0.05) is 6.92 Å². The van der Waals surface area contributed by atoms with E-state index in [1.807, 2.05) is 0 Å². The van der Waals surface area contributed by atoms with Gasteiger partial charge < -0.3 is 10.1 Å². The predicted octanol–water partition coefficient (Wildman–Crippen LogP) is 2.05. The number of rotatable bonds is 4. The maximum absolute atomic E-state index is 5.42. The van der Waals surface area contributed by atoms with Crippen molar-refractivity contribution >= 4 is 0 Å². The van der Waals surface area contributed by atoms with E-state index in [1.54, 1.807) is 0 Å². The van der Waals surface area contributed by atoms with Crippen LogP contribution in [0.2, 0.25) is 0 Å². The largest absolute Gasteiger partial charge is 0.381 e. The molecule has 0 amide bonds. The maximum Gasteiger partial charge on any atom is 0.0468 e. The molecule has 2 heteroatoms. The molecule has 0 spiro atoms. The molecule has 2 fully saturated rings. The van der Waals surface area contributed by atoms with Gasteiger partial charge in [-0.2, -0.15) is 0 Å². The van der Waals surface area contributed by atoms with Crippen molar-refractivity contribution in [1.82, 2.24) is 5.32 Å². The molecule has 0 bridgehead atoms. The Morgan fingerprint density at radius 2 is 1.93 bits per heavy atom. The van der Waals surface area contributed by atoms with E-state index in [1.165, 1.54) is 32.2 Å². The highest BCUT2D eigenvalue weighted by atomic mass is 16.5. The van der Waals surface area contributed by atoms with Crippen LogP contribution in [0.25, 0.3) is 0 Å². The highest BCUT2D eigenvalue weighted by Gasteiger charge is 2.36. The molecule has 0 radical (unpaired) electrons. The van der Waals surface area contributed by atoms with Crippen LogP contribution >= 0.6 is 0 Å². The first-order valence-electron chi connectivity index (χ1n) is 6.20. The molecule has 2 atom stereocenters. The Hall–Kier alpha value is -0.0800. The summed E-state index contributed by atoms with van der Waals surface area (Å²) in [6, 6.07) is 0. The Labute approximate surface area is 87.4 Å². The SMILES string of the molecule is CCNCC1CCC1C1CCOCC1. The smallest absolute Gasteiger partial charge is 0.0468 e. The van der Waals surface area contributed by atoms with Crippen LogP contribution in [0.3, 0.4) is 0 Å². The van der Waals surface area contributed by atoms with Crippen molar-refractivity contribution in [2.24, 2.45) is 17.8 Å². The Balaban J connectivity index is 1.73. The summed E-state index contributed by atoms with van der Waals surface area (Å²) in [4.78, 5) is 0. The normalized spacial score (nSPS) is 34.1. The summed E-state index contributed by atoms with van der Waals surface area (Å²) >= 11 is 0. The summed E-state index contributed by atoms with van der Waals surface area (Å²) in [6.45, 7) is 6.59. The van der Waals surface area contributed by atoms with Crippen LogP contribution in [0.1, 0.15) is 32.6 Å². The van der Waals surface area contributed by atoms with Gasteiger partial charge >= 0.3 is 0 Å². The Kier molecular flexibility index (Phi) is 3.82. The monoisotopic (exact) mass is 197 g/mol. The van der Waals surface area contributed by atoms with Crippen molar-refractivity contribution in [2.45, 2.75) is 32.6 Å². The second kappa shape index (κ2) is 5.13. The maximum atomic E-state index is 5.42. The van der Waals surface area contributed by atoms with Crippen LogP contribution in [-0.2, 0) is 4.74 Å². The summed E-state index contributed by atoms with van der Waals surface area (Å²) in [5.74, 6) is 2.96. The van der Waals surface area contributed by atoms with Gasteiger partial charge in [0.25, 0.3) is 0 Å². The van der Waals surface area contributed by atoms with E-state index in [4.69, 9.17) is 4.74 Å². The molecular formula is C12H23NO. The van der Waals surface area contributed by atoms with Gasteiger partial charge in [0.2, 0.25) is 0 Å². The topological polar surface area (TPSA) is 21.3 Å². The molecule has 2 nitrogen and oxygen atoms in total. The fraction of sp³-hybridized carbons (Fsp3) is 1.00. The fourth-order valence-electron chi connectivity index (χ4n) is 2.94. The van der Waals surface area contributed by atoms with Gasteiger partial charge in [0, 0.05) is 13.2 Å². The molecule has 2 aliphatic rings. The fourth-order valence-corrected chi connectivity index (χ4v) is 2.94. The third-order valence-corrected chi connectivity index (χ3v) is 4.00. The first-order chi connectivity index (χ1) is 6.92. The quantitative estimate of drug-likeness (QED) is 0.745. The second-order valence-corrected chi connectivity index (χ2v) is 4.76. The van der Waals surface area contributed by atoms with Crippen LogP contribution in [0.4, 0.5) is 0 Å². The van der Waals surface area contributed by atoms with Gasteiger partial charge in [0.15, 0.2) is 0 Å². The first kappa shape index (κ1) is 10.4. The van der Waals surface area contributed by atoms with Gasteiger partial charge in [-0.05, 0) is 56.5 Å². The minimum absolute atomic E-state index is 0.970. The zero-order valence-corrected chi connectivity index (χ0v) is 9.30. The summed E-state index contributed by atoms with van der Waals surface area (Å²) < 4.78 is 5.42. The zero-order chi connectivity index (χ0) is 9.80. The van der Waals surface area contributed by atoms with Crippen LogP contribution in [0, 0.1) is 17.8 Å².